The van der Waals surface area contributed by atoms with Gasteiger partial charge in [-0.3, -0.25) is 0 Å². The molecule has 1 aromatic rings. The zero-order valence-corrected chi connectivity index (χ0v) is 7.95. The molecule has 78 valence electrons. The molecule has 1 rings (SSSR count). The van der Waals surface area contributed by atoms with Gasteiger partial charge in [0, 0.05) is 6.54 Å². The van der Waals surface area contributed by atoms with Crippen LogP contribution in [0, 0.1) is 0 Å². The molecule has 6 N–H and O–H groups in total. The lowest BCUT2D eigenvalue weighted by Crippen LogP contribution is -2.13. The van der Waals surface area contributed by atoms with Crippen LogP contribution in [0.1, 0.15) is 5.56 Å². The number of rotatable bonds is 2. The molecule has 0 heterocycles. The van der Waals surface area contributed by atoms with Crippen LogP contribution in [0.3, 0.4) is 0 Å². The quantitative estimate of drug-likeness (QED) is 0.483. The van der Waals surface area contributed by atoms with Crippen molar-refractivity contribution in [2.75, 3.05) is 0 Å². The summed E-state index contributed by atoms with van der Waals surface area (Å²) in [7, 11) is -4.05. The van der Waals surface area contributed by atoms with Gasteiger partial charge in [-0.15, -0.1) is 0 Å². The van der Waals surface area contributed by atoms with Crippen molar-refractivity contribution in [2.45, 2.75) is 11.4 Å². The van der Waals surface area contributed by atoms with E-state index in [1.54, 1.807) is 0 Å². The molecule has 0 amide bonds. The first-order valence-electron chi connectivity index (χ1n) is 3.64. The number of sulfonamides is 1. The van der Waals surface area contributed by atoms with E-state index < -0.39 is 26.4 Å². The fourth-order valence-corrected chi connectivity index (χ4v) is 1.67. The maximum atomic E-state index is 10.9. The summed E-state index contributed by atoms with van der Waals surface area (Å²) in [4.78, 5) is -0.530. The Kier molecular flexibility index (Phi) is 2.65. The van der Waals surface area contributed by atoms with Gasteiger partial charge in [0.05, 0.1) is 0 Å². The summed E-state index contributed by atoms with van der Waals surface area (Å²) >= 11 is 0. The van der Waals surface area contributed by atoms with Gasteiger partial charge in [0.1, 0.15) is 4.90 Å². The monoisotopic (exact) mass is 218 g/mol. The molecule has 0 fully saturated rings. The Morgan fingerprint density at radius 3 is 2.29 bits per heavy atom. The summed E-state index contributed by atoms with van der Waals surface area (Å²) < 4.78 is 21.9. The fraction of sp³-hybridized carbons (Fsp3) is 0.143. The largest absolute Gasteiger partial charge is 0.504 e. The summed E-state index contributed by atoms with van der Waals surface area (Å²) in [6.45, 7) is 0.0381. The van der Waals surface area contributed by atoms with Crippen molar-refractivity contribution in [1.82, 2.24) is 0 Å². The van der Waals surface area contributed by atoms with Gasteiger partial charge in [-0.1, -0.05) is 0 Å². The van der Waals surface area contributed by atoms with E-state index in [0.29, 0.717) is 5.56 Å². The fourth-order valence-electron chi connectivity index (χ4n) is 0.983. The Bertz CT molecular complexity index is 455. The van der Waals surface area contributed by atoms with Gasteiger partial charge >= 0.3 is 0 Å². The van der Waals surface area contributed by atoms with Crippen molar-refractivity contribution in [3.8, 4) is 11.5 Å². The van der Waals surface area contributed by atoms with Crippen LogP contribution >= 0.6 is 0 Å². The lowest BCUT2D eigenvalue weighted by Gasteiger charge is -2.06. The van der Waals surface area contributed by atoms with Crippen molar-refractivity contribution >= 4 is 10.0 Å². The van der Waals surface area contributed by atoms with E-state index >= 15 is 0 Å². The molecule has 0 radical (unpaired) electrons. The Morgan fingerprint density at radius 2 is 1.86 bits per heavy atom. The van der Waals surface area contributed by atoms with Crippen LogP contribution in [0.25, 0.3) is 0 Å². The molecule has 0 bridgehead atoms. The molecule has 7 heteroatoms. The number of phenols is 2. The summed E-state index contributed by atoms with van der Waals surface area (Å²) in [5, 5.41) is 23.2. The minimum atomic E-state index is -4.05. The predicted molar refractivity (Wildman–Crippen MR) is 49.0 cm³/mol. The van der Waals surface area contributed by atoms with Crippen LogP contribution in [0.2, 0.25) is 0 Å². The number of aromatic hydroxyl groups is 2. The Labute approximate surface area is 80.8 Å². The van der Waals surface area contributed by atoms with Crippen LogP contribution in [0.4, 0.5) is 0 Å². The van der Waals surface area contributed by atoms with Gasteiger partial charge < -0.3 is 15.9 Å². The molecule has 14 heavy (non-hydrogen) atoms. The number of hydrogen-bond acceptors (Lipinski definition) is 5. The standard InChI is InChI=1S/C7H10N2O4S/c8-3-4-1-5(10)7(11)6(2-4)14(9,12)13/h1-2,10-11H,3,8H2,(H2,9,12,13). The maximum Gasteiger partial charge on any atom is 0.241 e. The van der Waals surface area contributed by atoms with Crippen molar-refractivity contribution in [3.63, 3.8) is 0 Å². The van der Waals surface area contributed by atoms with Gasteiger partial charge in [0.25, 0.3) is 0 Å². The Balaban J connectivity index is 3.51. The number of hydrogen-bond donors (Lipinski definition) is 4. The molecule has 0 unspecified atom stereocenters. The molecule has 0 aliphatic carbocycles. The highest BCUT2D eigenvalue weighted by molar-refractivity contribution is 7.89. The summed E-state index contributed by atoms with van der Waals surface area (Å²) in [5.41, 5.74) is 5.62. The predicted octanol–water partition coefficient (Wildman–Crippen LogP) is -0.796. The van der Waals surface area contributed by atoms with E-state index in [2.05, 4.69) is 0 Å². The van der Waals surface area contributed by atoms with Gasteiger partial charge in [0.2, 0.25) is 10.0 Å². The van der Waals surface area contributed by atoms with Gasteiger partial charge in [-0.25, -0.2) is 13.6 Å². The van der Waals surface area contributed by atoms with Crippen LogP contribution in [0.5, 0.6) is 11.5 Å². The van der Waals surface area contributed by atoms with Gasteiger partial charge in [-0.2, -0.15) is 0 Å². The molecular weight excluding hydrogens is 208 g/mol. The van der Waals surface area contributed by atoms with E-state index in [1.807, 2.05) is 0 Å². The van der Waals surface area contributed by atoms with E-state index in [9.17, 15) is 13.5 Å². The van der Waals surface area contributed by atoms with Crippen molar-refractivity contribution in [2.24, 2.45) is 10.9 Å². The summed E-state index contributed by atoms with van der Waals surface area (Å²) in [6, 6.07) is 2.29. The summed E-state index contributed by atoms with van der Waals surface area (Å²) in [5.74, 6) is -1.32. The molecule has 0 atom stereocenters. The van der Waals surface area contributed by atoms with Crippen molar-refractivity contribution in [1.29, 1.82) is 0 Å². The molecule has 0 saturated carbocycles. The second-order valence-corrected chi connectivity index (χ2v) is 4.24. The van der Waals surface area contributed by atoms with E-state index in [4.69, 9.17) is 16.0 Å². The van der Waals surface area contributed by atoms with Crippen LogP contribution in [-0.4, -0.2) is 18.6 Å². The third kappa shape index (κ3) is 1.95. The minimum absolute atomic E-state index is 0.0381. The SMILES string of the molecule is NCc1cc(O)c(O)c(S(N)(=O)=O)c1. The van der Waals surface area contributed by atoms with Crippen molar-refractivity contribution in [3.05, 3.63) is 17.7 Å². The van der Waals surface area contributed by atoms with Crippen molar-refractivity contribution < 1.29 is 18.6 Å². The molecule has 6 nitrogen and oxygen atoms in total. The highest BCUT2D eigenvalue weighted by atomic mass is 32.2. The topological polar surface area (TPSA) is 127 Å². The molecule has 1 aromatic carbocycles. The second kappa shape index (κ2) is 3.45. The van der Waals surface area contributed by atoms with Crippen LogP contribution in [0.15, 0.2) is 17.0 Å². The molecule has 0 spiro atoms. The van der Waals surface area contributed by atoms with E-state index in [-0.39, 0.29) is 6.54 Å². The molecule has 0 aliphatic rings. The lowest BCUT2D eigenvalue weighted by atomic mass is 10.2. The molecule has 0 aromatic heterocycles. The Morgan fingerprint density at radius 1 is 1.29 bits per heavy atom. The zero-order valence-electron chi connectivity index (χ0n) is 7.14. The van der Waals surface area contributed by atoms with E-state index in [1.165, 1.54) is 6.07 Å². The van der Waals surface area contributed by atoms with Crippen LogP contribution < -0.4 is 10.9 Å². The third-order valence-corrected chi connectivity index (χ3v) is 2.58. The number of nitrogens with two attached hydrogens (primary N) is 2. The number of primary sulfonamides is 1. The first kappa shape index (κ1) is 10.8. The normalized spacial score (nSPS) is 11.6. The molecule has 0 aliphatic heterocycles. The van der Waals surface area contributed by atoms with Gasteiger partial charge in [-0.05, 0) is 17.7 Å². The van der Waals surface area contributed by atoms with Gasteiger partial charge in [0.15, 0.2) is 11.5 Å². The highest BCUT2D eigenvalue weighted by Crippen LogP contribution is 2.32. The third-order valence-electron chi connectivity index (χ3n) is 1.66. The molecule has 0 saturated heterocycles. The second-order valence-electron chi connectivity index (χ2n) is 2.71. The first-order valence-corrected chi connectivity index (χ1v) is 5.18. The Hall–Kier alpha value is -1.31. The lowest BCUT2D eigenvalue weighted by molar-refractivity contribution is 0.392. The first-order chi connectivity index (χ1) is 6.36. The van der Waals surface area contributed by atoms with E-state index in [0.717, 1.165) is 6.07 Å². The average Bonchev–Trinajstić information content (AvgIpc) is 2.07. The number of benzene rings is 1. The summed E-state index contributed by atoms with van der Waals surface area (Å²) in [6.07, 6.45) is 0. The highest BCUT2D eigenvalue weighted by Gasteiger charge is 2.17. The molecular formula is C7H10N2O4S. The smallest absolute Gasteiger partial charge is 0.241 e. The average molecular weight is 218 g/mol. The number of phenolic OH excluding ortho intramolecular Hbond substituents is 2. The zero-order chi connectivity index (χ0) is 10.9. The van der Waals surface area contributed by atoms with Crippen LogP contribution in [-0.2, 0) is 16.6 Å². The maximum absolute atomic E-state index is 10.9. The minimum Gasteiger partial charge on any atom is -0.504 e.